The van der Waals surface area contributed by atoms with Gasteiger partial charge in [-0.05, 0) is 60.2 Å². The molecule has 0 aliphatic heterocycles. The maximum absolute atomic E-state index is 13.7. The molecular weight excluding hydrogens is 963 g/mol. The lowest BCUT2D eigenvalue weighted by Crippen LogP contribution is -3.00. The van der Waals surface area contributed by atoms with Gasteiger partial charge in [-0.15, -0.1) is 0 Å². The topological polar surface area (TPSA) is 47.6 Å². The van der Waals surface area contributed by atoms with Crippen LogP contribution in [0.5, 0.6) is 0 Å². The predicted octanol–water partition coefficient (Wildman–Crippen LogP) is 14.5. The molecule has 5 nitrogen and oxygen atoms in total. The van der Waals surface area contributed by atoms with Crippen molar-refractivity contribution >= 4 is 50.9 Å². The van der Waals surface area contributed by atoms with Crippen molar-refractivity contribution in [1.29, 1.82) is 0 Å². The van der Waals surface area contributed by atoms with E-state index in [2.05, 4.69) is 95.5 Å². The predicted molar refractivity (Wildman–Crippen MR) is 282 cm³/mol. The number of rotatable bonds is 45. The van der Waals surface area contributed by atoms with Crippen molar-refractivity contribution in [2.45, 2.75) is 204 Å². The zero-order chi connectivity index (χ0) is 45.1. The van der Waals surface area contributed by atoms with Crippen molar-refractivity contribution in [1.82, 2.24) is 5.09 Å². The Hall–Kier alpha value is 2.20. The van der Waals surface area contributed by atoms with E-state index in [-0.39, 0.29) is 24.0 Å². The summed E-state index contributed by atoms with van der Waals surface area (Å²) in [6.45, 7) is 26.6. The molecule has 0 bridgehead atoms. The minimum atomic E-state index is -3.33. The molecule has 0 aliphatic carbocycles. The summed E-state index contributed by atoms with van der Waals surface area (Å²) < 4.78 is 26.5. The minimum Gasteiger partial charge on any atom is -1.00 e. The molecule has 61 heavy (non-hydrogen) atoms. The molecule has 0 fully saturated rings. The van der Waals surface area contributed by atoms with Crippen LogP contribution in [0.25, 0.3) is 0 Å². The first-order chi connectivity index (χ1) is 28.4. The van der Waals surface area contributed by atoms with E-state index >= 15 is 0 Å². The molecule has 370 valence electrons. The fraction of sp³-hybridized carbons (Fsp3) is 1.00. The molecule has 6 atom stereocenters. The Bertz CT molecular complexity index is 933. The lowest BCUT2D eigenvalue weighted by molar-refractivity contribution is -0.870. The largest absolute Gasteiger partial charge is 1.00 e. The third-order valence-electron chi connectivity index (χ3n) is 12.3. The van der Waals surface area contributed by atoms with Gasteiger partial charge in [0.25, 0.3) is 0 Å². The highest BCUT2D eigenvalue weighted by atomic mass is 127. The average molecular weight is 1070 g/mol. The molecular formula is C50H106IN2O3PS4. The number of hydrogen-bond donors (Lipinski definition) is 1. The van der Waals surface area contributed by atoms with E-state index < -0.39 is 7.75 Å². The van der Waals surface area contributed by atoms with Crippen LogP contribution < -0.4 is 29.1 Å². The summed E-state index contributed by atoms with van der Waals surface area (Å²) in [4.78, 5) is 0. The number of hydrogen-bond acceptors (Lipinski definition) is 7. The molecule has 1 N–H and O–H groups in total. The summed E-state index contributed by atoms with van der Waals surface area (Å²) in [5.74, 6) is 10.7. The lowest BCUT2D eigenvalue weighted by Gasteiger charge is -2.24. The van der Waals surface area contributed by atoms with Gasteiger partial charge < -0.3 is 28.5 Å². The van der Waals surface area contributed by atoms with E-state index in [9.17, 15) is 4.57 Å². The van der Waals surface area contributed by atoms with Gasteiger partial charge in [0.2, 0.25) is 0 Å². The van der Waals surface area contributed by atoms with Gasteiger partial charge in [0.15, 0.2) is 0 Å². The van der Waals surface area contributed by atoms with Crippen molar-refractivity contribution < 1.29 is 42.1 Å². The van der Waals surface area contributed by atoms with Gasteiger partial charge in [-0.2, -0.15) is 0 Å². The second-order valence-electron chi connectivity index (χ2n) is 21.3. The van der Waals surface area contributed by atoms with E-state index in [1.54, 1.807) is 0 Å². The molecule has 0 aromatic heterocycles. The molecule has 0 aromatic rings. The SMILES string of the molecule is CC(C)CCCC(C)CCCC(C)CCCC(C)CCSSCCOP(=O)(NCCC[N+](C)(C)C)OCCSSCCC(C)CCCC(C)CCCC(C)CCCC(C)C.[I-]. The van der Waals surface area contributed by atoms with Crippen molar-refractivity contribution in [3.05, 3.63) is 0 Å². The van der Waals surface area contributed by atoms with Gasteiger partial charge >= 0.3 is 7.75 Å². The van der Waals surface area contributed by atoms with Crippen molar-refractivity contribution in [2.24, 2.45) is 47.3 Å². The van der Waals surface area contributed by atoms with Gasteiger partial charge in [-0.25, -0.2) is 9.65 Å². The molecule has 0 heterocycles. The fourth-order valence-corrected chi connectivity index (χ4v) is 13.7. The van der Waals surface area contributed by atoms with E-state index in [1.807, 2.05) is 43.2 Å². The molecule has 6 unspecified atom stereocenters. The van der Waals surface area contributed by atoms with Crippen LogP contribution in [0.4, 0.5) is 0 Å². The first-order valence-corrected chi connectivity index (χ1v) is 31.9. The summed E-state index contributed by atoms with van der Waals surface area (Å²) >= 11 is 0. The maximum atomic E-state index is 13.7. The second-order valence-corrected chi connectivity index (χ2v) is 28.5. The van der Waals surface area contributed by atoms with Crippen LogP contribution in [0.1, 0.15) is 204 Å². The number of halogens is 1. The van der Waals surface area contributed by atoms with Gasteiger partial charge in [0, 0.05) is 36.0 Å². The molecule has 0 saturated heterocycles. The Balaban J connectivity index is 0. The molecule has 0 aromatic carbocycles. The Morgan fingerprint density at radius 1 is 0.426 bits per heavy atom. The van der Waals surface area contributed by atoms with Crippen LogP contribution in [-0.2, 0) is 13.6 Å². The first-order valence-electron chi connectivity index (χ1n) is 25.3. The molecule has 0 saturated carbocycles. The number of nitrogens with one attached hydrogen (secondary N) is 1. The van der Waals surface area contributed by atoms with Gasteiger partial charge in [0.1, 0.15) is 0 Å². The molecule has 11 heteroatoms. The summed E-state index contributed by atoms with van der Waals surface area (Å²) in [6, 6.07) is 0. The van der Waals surface area contributed by atoms with Crippen LogP contribution >= 0.6 is 50.9 Å². The van der Waals surface area contributed by atoms with Crippen LogP contribution in [-0.4, -0.2) is 74.9 Å². The van der Waals surface area contributed by atoms with Crippen LogP contribution in [0.15, 0.2) is 0 Å². The third kappa shape index (κ3) is 47.1. The highest BCUT2D eigenvalue weighted by Crippen LogP contribution is 2.44. The van der Waals surface area contributed by atoms with E-state index in [4.69, 9.17) is 9.05 Å². The Morgan fingerprint density at radius 3 is 1.00 bits per heavy atom. The fourth-order valence-electron chi connectivity index (χ4n) is 7.89. The highest BCUT2D eigenvalue weighted by Gasteiger charge is 2.24. The molecule has 0 amide bonds. The van der Waals surface area contributed by atoms with Crippen molar-refractivity contribution in [3.8, 4) is 0 Å². The molecule has 0 radical (unpaired) electrons. The van der Waals surface area contributed by atoms with Crippen molar-refractivity contribution in [3.63, 3.8) is 0 Å². The van der Waals surface area contributed by atoms with Gasteiger partial charge in [0.05, 0.1) is 40.9 Å². The monoisotopic (exact) mass is 1070 g/mol. The number of nitrogens with zero attached hydrogens (tertiary/aromatic N) is 1. The van der Waals surface area contributed by atoms with Gasteiger partial charge in [-0.1, -0.05) is 228 Å². The van der Waals surface area contributed by atoms with E-state index in [1.165, 1.54) is 140 Å². The third-order valence-corrected chi connectivity index (χ3v) is 18.7. The minimum absolute atomic E-state index is 0. The zero-order valence-electron chi connectivity index (χ0n) is 42.8. The summed E-state index contributed by atoms with van der Waals surface area (Å²) in [5, 5.41) is 3.18. The highest BCUT2D eigenvalue weighted by molar-refractivity contribution is 8.77. The van der Waals surface area contributed by atoms with Crippen LogP contribution in [0.2, 0.25) is 0 Å². The quantitative estimate of drug-likeness (QED) is 0.0213. The first kappa shape index (κ1) is 65.3. The summed E-state index contributed by atoms with van der Waals surface area (Å²) in [7, 11) is 10.8. The van der Waals surface area contributed by atoms with Crippen LogP contribution in [0, 0.1) is 47.3 Å². The Labute approximate surface area is 416 Å². The number of quaternary nitrogens is 1. The molecule has 0 aliphatic rings. The Morgan fingerprint density at radius 2 is 0.705 bits per heavy atom. The zero-order valence-corrected chi connectivity index (χ0v) is 49.1. The van der Waals surface area contributed by atoms with Crippen LogP contribution in [0.3, 0.4) is 0 Å². The Kier molecular flexibility index (Phi) is 45.3. The van der Waals surface area contributed by atoms with E-state index in [0.29, 0.717) is 19.8 Å². The van der Waals surface area contributed by atoms with Crippen molar-refractivity contribution in [2.75, 3.05) is 70.5 Å². The smallest absolute Gasteiger partial charge is 0.405 e. The molecule has 0 spiro atoms. The van der Waals surface area contributed by atoms with E-state index in [0.717, 1.165) is 76.3 Å². The second kappa shape index (κ2) is 42.3. The standard InChI is InChI=1S/C50H106N2O3PS4.HI/c1-43(2)21-14-23-45(5)25-16-27-47(7)29-18-31-49(9)33-39-57-59-41-37-54-56(53,51-35-20-36-52(11,12)13)55-38-42-60-58-40-34-50(10)32-19-30-48(8)28-17-26-46(6)24-15-22-44(3)4;/h43-50H,14-42H2,1-13H3,(H,51,53);1H/q+1;/p-1. The maximum Gasteiger partial charge on any atom is 0.405 e. The lowest BCUT2D eigenvalue weighted by atomic mass is 9.91. The average Bonchev–Trinajstić information content (AvgIpc) is 3.15. The van der Waals surface area contributed by atoms with Gasteiger partial charge in [-0.3, -0.25) is 9.05 Å². The summed E-state index contributed by atoms with van der Waals surface area (Å²) in [6.07, 6.45) is 28.5. The molecule has 0 rings (SSSR count). The normalized spacial score (nSPS) is 16.3. The summed E-state index contributed by atoms with van der Waals surface area (Å²) in [5.41, 5.74) is 0.